The Kier molecular flexibility index (Phi) is 6.42. The van der Waals surface area contributed by atoms with Crippen molar-refractivity contribution in [2.24, 2.45) is 0 Å². The monoisotopic (exact) mass is 404 g/mol. The van der Waals surface area contributed by atoms with Crippen LogP contribution in [0.2, 0.25) is 5.02 Å². The molecule has 1 atom stereocenters. The number of rotatable bonds is 6. The summed E-state index contributed by atoms with van der Waals surface area (Å²) < 4.78 is 0. The number of benzene rings is 2. The first-order valence-corrected chi connectivity index (χ1v) is 10.3. The van der Waals surface area contributed by atoms with Gasteiger partial charge in [0.15, 0.2) is 0 Å². The summed E-state index contributed by atoms with van der Waals surface area (Å²) >= 11 is 7.87. The molecule has 0 unspecified atom stereocenters. The average molecular weight is 405 g/mol. The van der Waals surface area contributed by atoms with Gasteiger partial charge >= 0.3 is 5.97 Å². The van der Waals surface area contributed by atoms with Gasteiger partial charge in [0.1, 0.15) is 6.04 Å². The summed E-state index contributed by atoms with van der Waals surface area (Å²) in [6, 6.07) is 10.2. The van der Waals surface area contributed by atoms with Crippen LogP contribution < -0.4 is 10.6 Å². The van der Waals surface area contributed by atoms with Gasteiger partial charge in [-0.1, -0.05) is 23.7 Å². The number of carboxylic acid groups (broad SMARTS) is 1. The molecule has 7 heteroatoms. The van der Waals surface area contributed by atoms with E-state index in [1.807, 2.05) is 30.5 Å². The molecule has 0 saturated carbocycles. The lowest BCUT2D eigenvalue weighted by atomic mass is 9.97. The van der Waals surface area contributed by atoms with Gasteiger partial charge in [-0.2, -0.15) is 0 Å². The van der Waals surface area contributed by atoms with Crippen molar-refractivity contribution in [1.29, 1.82) is 0 Å². The Morgan fingerprint density at radius 2 is 2.11 bits per heavy atom. The van der Waals surface area contributed by atoms with Gasteiger partial charge in [-0.05, 0) is 60.2 Å². The molecule has 3 N–H and O–H groups in total. The van der Waals surface area contributed by atoms with E-state index in [1.54, 1.807) is 23.9 Å². The summed E-state index contributed by atoms with van der Waals surface area (Å²) in [6.07, 6.45) is 2.99. The van der Waals surface area contributed by atoms with Crippen LogP contribution in [0.1, 0.15) is 27.0 Å². The molecular formula is C20H21ClN2O3S. The van der Waals surface area contributed by atoms with Gasteiger partial charge in [-0.3, -0.25) is 4.79 Å². The van der Waals surface area contributed by atoms with Crippen LogP contribution in [0.25, 0.3) is 0 Å². The Balaban J connectivity index is 1.78. The van der Waals surface area contributed by atoms with Crippen molar-refractivity contribution in [3.63, 3.8) is 0 Å². The molecule has 0 saturated heterocycles. The zero-order chi connectivity index (χ0) is 19.4. The van der Waals surface area contributed by atoms with Gasteiger partial charge < -0.3 is 15.7 Å². The summed E-state index contributed by atoms with van der Waals surface area (Å²) in [7, 11) is 0. The number of carboxylic acids is 1. The average Bonchev–Trinajstić information content (AvgIpc) is 2.66. The number of hydrogen-bond acceptors (Lipinski definition) is 4. The van der Waals surface area contributed by atoms with Crippen molar-refractivity contribution in [2.45, 2.75) is 30.3 Å². The number of thioether (sulfide) groups is 1. The smallest absolute Gasteiger partial charge is 0.326 e. The SMILES string of the molecule is CSc1cccc(C[C@H](NC(=O)c2cc3c(cc2Cl)CNCC3)C(=O)O)c1. The molecule has 142 valence electrons. The topological polar surface area (TPSA) is 78.4 Å². The number of carbonyl (C=O) groups excluding carboxylic acids is 1. The molecule has 0 aromatic heterocycles. The normalized spacial score (nSPS) is 14.3. The quantitative estimate of drug-likeness (QED) is 0.645. The summed E-state index contributed by atoms with van der Waals surface area (Å²) in [5.74, 6) is -1.54. The second-order valence-electron chi connectivity index (χ2n) is 6.45. The third-order valence-electron chi connectivity index (χ3n) is 4.60. The highest BCUT2D eigenvalue weighted by atomic mass is 35.5. The molecule has 2 aromatic rings. The predicted octanol–water partition coefficient (Wildman–Crippen LogP) is 3.13. The maximum absolute atomic E-state index is 12.7. The van der Waals surface area contributed by atoms with Crippen LogP contribution in [-0.2, 0) is 24.2 Å². The molecule has 1 aliphatic rings. The zero-order valence-electron chi connectivity index (χ0n) is 14.9. The van der Waals surface area contributed by atoms with Crippen molar-refractivity contribution in [2.75, 3.05) is 12.8 Å². The summed E-state index contributed by atoms with van der Waals surface area (Å²) in [6.45, 7) is 1.57. The molecule has 0 bridgehead atoms. The summed E-state index contributed by atoms with van der Waals surface area (Å²) in [5, 5.41) is 15.8. The minimum atomic E-state index is -1.07. The molecular weight excluding hydrogens is 384 g/mol. The molecule has 0 fully saturated rings. The maximum atomic E-state index is 12.7. The molecule has 0 aliphatic carbocycles. The van der Waals surface area contributed by atoms with Crippen molar-refractivity contribution in [3.8, 4) is 0 Å². The van der Waals surface area contributed by atoms with Crippen LogP contribution in [0.5, 0.6) is 0 Å². The Bertz CT molecular complexity index is 872. The number of aliphatic carboxylic acids is 1. The fraction of sp³-hybridized carbons (Fsp3) is 0.300. The van der Waals surface area contributed by atoms with E-state index in [1.165, 1.54) is 0 Å². The Labute approximate surface area is 167 Å². The van der Waals surface area contributed by atoms with Gasteiger partial charge in [-0.15, -0.1) is 11.8 Å². The number of fused-ring (bicyclic) bond motifs is 1. The first-order valence-electron chi connectivity index (χ1n) is 8.66. The minimum Gasteiger partial charge on any atom is -0.480 e. The van der Waals surface area contributed by atoms with E-state index in [-0.39, 0.29) is 6.42 Å². The molecule has 1 aliphatic heterocycles. The lowest BCUT2D eigenvalue weighted by molar-refractivity contribution is -0.139. The largest absolute Gasteiger partial charge is 0.480 e. The van der Waals surface area contributed by atoms with Gasteiger partial charge in [0.25, 0.3) is 5.91 Å². The van der Waals surface area contributed by atoms with E-state index < -0.39 is 17.9 Å². The van der Waals surface area contributed by atoms with Crippen molar-refractivity contribution >= 4 is 35.2 Å². The third-order valence-corrected chi connectivity index (χ3v) is 5.64. The third kappa shape index (κ3) is 4.83. The fourth-order valence-corrected chi connectivity index (χ4v) is 3.90. The highest BCUT2D eigenvalue weighted by molar-refractivity contribution is 7.98. The summed E-state index contributed by atoms with van der Waals surface area (Å²) in [4.78, 5) is 25.4. The molecule has 5 nitrogen and oxygen atoms in total. The first kappa shape index (κ1) is 19.7. The van der Waals surface area contributed by atoms with Crippen molar-refractivity contribution in [1.82, 2.24) is 10.6 Å². The molecule has 3 rings (SSSR count). The molecule has 27 heavy (non-hydrogen) atoms. The molecule has 0 radical (unpaired) electrons. The number of amides is 1. The lowest BCUT2D eigenvalue weighted by Crippen LogP contribution is -2.42. The van der Waals surface area contributed by atoms with Crippen molar-refractivity contribution in [3.05, 3.63) is 63.7 Å². The highest BCUT2D eigenvalue weighted by Gasteiger charge is 2.23. The number of hydrogen-bond donors (Lipinski definition) is 3. The number of nitrogens with one attached hydrogen (secondary N) is 2. The van der Waals surface area contributed by atoms with Crippen molar-refractivity contribution < 1.29 is 14.7 Å². The van der Waals surface area contributed by atoms with Crippen LogP contribution in [0.15, 0.2) is 41.3 Å². The predicted molar refractivity (Wildman–Crippen MR) is 108 cm³/mol. The maximum Gasteiger partial charge on any atom is 0.326 e. The lowest BCUT2D eigenvalue weighted by Gasteiger charge is -2.20. The van der Waals surface area contributed by atoms with Crippen LogP contribution in [0, 0.1) is 0 Å². The number of carbonyl (C=O) groups is 2. The van der Waals surface area contributed by atoms with E-state index in [9.17, 15) is 14.7 Å². The number of halogens is 1. The molecule has 2 aromatic carbocycles. The Hall–Kier alpha value is -2.02. The fourth-order valence-electron chi connectivity index (χ4n) is 3.15. The Morgan fingerprint density at radius 3 is 2.85 bits per heavy atom. The zero-order valence-corrected chi connectivity index (χ0v) is 16.5. The van der Waals surface area contributed by atoms with Crippen LogP contribution in [0.3, 0.4) is 0 Å². The highest BCUT2D eigenvalue weighted by Crippen LogP contribution is 2.24. The molecule has 1 amide bonds. The van der Waals surface area contributed by atoms with Gasteiger partial charge in [0.2, 0.25) is 0 Å². The van der Waals surface area contributed by atoms with E-state index in [0.717, 1.165) is 41.1 Å². The van der Waals surface area contributed by atoms with E-state index >= 15 is 0 Å². The van der Waals surface area contributed by atoms with E-state index in [4.69, 9.17) is 11.6 Å². The van der Waals surface area contributed by atoms with Crippen LogP contribution in [0.4, 0.5) is 0 Å². The second-order valence-corrected chi connectivity index (χ2v) is 7.73. The summed E-state index contributed by atoms with van der Waals surface area (Å²) in [5.41, 5.74) is 3.33. The standard InChI is InChI=1S/C20H21ClN2O3S/c1-27-15-4-2-3-12(7-15)8-18(20(25)26)23-19(24)16-9-13-5-6-22-11-14(13)10-17(16)21/h2-4,7,9-10,18,22H,5-6,8,11H2,1H3,(H,23,24)(H,25,26)/t18-/m0/s1. The minimum absolute atomic E-state index is 0.210. The molecule has 0 spiro atoms. The van der Waals surface area contributed by atoms with Gasteiger partial charge in [0.05, 0.1) is 10.6 Å². The van der Waals surface area contributed by atoms with Crippen LogP contribution in [-0.4, -0.2) is 35.8 Å². The first-order chi connectivity index (χ1) is 13.0. The van der Waals surface area contributed by atoms with Gasteiger partial charge in [-0.25, -0.2) is 4.79 Å². The van der Waals surface area contributed by atoms with Crippen LogP contribution >= 0.6 is 23.4 Å². The Morgan fingerprint density at radius 1 is 1.30 bits per heavy atom. The second kappa shape index (κ2) is 8.78. The molecule has 1 heterocycles. The van der Waals surface area contributed by atoms with Gasteiger partial charge in [0, 0.05) is 17.9 Å². The van der Waals surface area contributed by atoms with E-state index in [0.29, 0.717) is 10.6 Å². The van der Waals surface area contributed by atoms with E-state index in [2.05, 4.69) is 10.6 Å².